The Labute approximate surface area is 150 Å². The first-order valence-electron chi connectivity index (χ1n) is 8.27. The number of aromatic nitrogens is 3. The average Bonchev–Trinajstić information content (AvgIpc) is 2.89. The van der Waals surface area contributed by atoms with Crippen molar-refractivity contribution >= 4 is 23.0 Å². The number of nitrogens with zero attached hydrogens (tertiary/aromatic N) is 3. The molecule has 0 aliphatic heterocycles. The number of carbonyl (C=O) groups is 1. The Morgan fingerprint density at radius 3 is 2.41 bits per heavy atom. The van der Waals surface area contributed by atoms with E-state index < -0.39 is 43.1 Å². The van der Waals surface area contributed by atoms with Gasteiger partial charge < -0.3 is 5.11 Å². The first-order chi connectivity index (χ1) is 12.7. The summed E-state index contributed by atoms with van der Waals surface area (Å²) in [7, 11) is 0. The van der Waals surface area contributed by atoms with E-state index in [1.165, 1.54) is 4.57 Å². The van der Waals surface area contributed by atoms with Crippen LogP contribution in [0.25, 0.3) is 11.2 Å². The molecule has 11 heteroatoms. The molecule has 0 radical (unpaired) electrons. The summed E-state index contributed by atoms with van der Waals surface area (Å²) in [6, 6.07) is 1.74. The molecule has 1 saturated carbocycles. The highest BCUT2D eigenvalue weighted by atomic mass is 19.4. The lowest BCUT2D eigenvalue weighted by molar-refractivity contribution is -0.141. The van der Waals surface area contributed by atoms with Crippen molar-refractivity contribution in [2.24, 2.45) is 0 Å². The van der Waals surface area contributed by atoms with Gasteiger partial charge in [0, 0.05) is 6.04 Å². The van der Waals surface area contributed by atoms with Crippen LogP contribution in [0, 0.1) is 0 Å². The van der Waals surface area contributed by atoms with E-state index in [9.17, 15) is 31.9 Å². The molecule has 27 heavy (non-hydrogen) atoms. The van der Waals surface area contributed by atoms with Gasteiger partial charge in [0.2, 0.25) is 11.9 Å². The van der Waals surface area contributed by atoms with E-state index in [2.05, 4.69) is 15.3 Å². The van der Waals surface area contributed by atoms with Crippen LogP contribution < -0.4 is 5.32 Å². The summed E-state index contributed by atoms with van der Waals surface area (Å²) in [6.07, 6.45) is -3.28. The predicted octanol–water partition coefficient (Wildman–Crippen LogP) is 3.17. The monoisotopic (exact) mass is 392 g/mol. The number of aliphatic hydroxyl groups is 1. The number of alkyl halides is 5. The summed E-state index contributed by atoms with van der Waals surface area (Å²) in [5.41, 5.74) is -3.41. The number of rotatable bonds is 6. The number of halogens is 5. The fourth-order valence-corrected chi connectivity index (χ4v) is 2.81. The molecule has 3 rings (SSSR count). The lowest BCUT2D eigenvalue weighted by Crippen LogP contribution is -2.38. The second-order valence-corrected chi connectivity index (χ2v) is 6.64. The molecule has 2 aromatic heterocycles. The van der Waals surface area contributed by atoms with Crippen molar-refractivity contribution in [1.29, 1.82) is 0 Å². The van der Waals surface area contributed by atoms with E-state index in [0.717, 1.165) is 18.6 Å². The molecule has 0 atom stereocenters. The number of amides is 1. The zero-order valence-corrected chi connectivity index (χ0v) is 14.1. The summed E-state index contributed by atoms with van der Waals surface area (Å²) in [5.74, 6) is -0.966. The van der Waals surface area contributed by atoms with Crippen LogP contribution in [0.4, 0.5) is 27.9 Å². The molecule has 2 aromatic rings. The number of anilines is 1. The third-order valence-electron chi connectivity index (χ3n) is 4.51. The quantitative estimate of drug-likeness (QED) is 0.740. The van der Waals surface area contributed by atoms with E-state index in [-0.39, 0.29) is 23.2 Å². The fourth-order valence-electron chi connectivity index (χ4n) is 2.81. The third-order valence-corrected chi connectivity index (χ3v) is 4.51. The Kier molecular flexibility index (Phi) is 5.06. The molecule has 1 aliphatic rings. The number of carbonyl (C=O) groups excluding carboxylic acids is 1. The van der Waals surface area contributed by atoms with Gasteiger partial charge in [-0.15, -0.1) is 0 Å². The standard InChI is InChI=1S/C16H17F5N4O2/c17-7-15(27,8-18)6-12(26)24-14-22-10-4-5-11(16(19,20)21)23-13(10)25(14)9-2-1-3-9/h4-5,9,27H,1-3,6-8H2,(H,22,24,26). The van der Waals surface area contributed by atoms with Crippen LogP contribution >= 0.6 is 0 Å². The fraction of sp³-hybridized carbons (Fsp3) is 0.562. The summed E-state index contributed by atoms with van der Waals surface area (Å²) >= 11 is 0. The van der Waals surface area contributed by atoms with Gasteiger partial charge in [-0.3, -0.25) is 14.7 Å². The molecule has 1 aliphatic carbocycles. The van der Waals surface area contributed by atoms with Crippen LogP contribution in [0.15, 0.2) is 12.1 Å². The largest absolute Gasteiger partial charge is 0.433 e. The van der Waals surface area contributed by atoms with Crippen molar-refractivity contribution < 1.29 is 31.9 Å². The van der Waals surface area contributed by atoms with Gasteiger partial charge in [-0.2, -0.15) is 13.2 Å². The SMILES string of the molecule is O=C(CC(O)(CF)CF)Nc1nc2ccc(C(F)(F)F)nc2n1C1CCC1. The van der Waals surface area contributed by atoms with Gasteiger partial charge in [0.25, 0.3) is 0 Å². The molecular weight excluding hydrogens is 375 g/mol. The van der Waals surface area contributed by atoms with E-state index in [1.807, 2.05) is 0 Å². The van der Waals surface area contributed by atoms with Gasteiger partial charge >= 0.3 is 6.18 Å². The Bertz CT molecular complexity index is 843. The number of hydrogen-bond donors (Lipinski definition) is 2. The van der Waals surface area contributed by atoms with Crippen molar-refractivity contribution in [3.05, 3.63) is 17.8 Å². The molecule has 2 heterocycles. The number of hydrogen-bond acceptors (Lipinski definition) is 4. The Hall–Kier alpha value is -2.30. The number of nitrogens with one attached hydrogen (secondary N) is 1. The molecule has 0 unspecified atom stereocenters. The first kappa shape index (κ1) is 19.5. The summed E-state index contributed by atoms with van der Waals surface area (Å²) < 4.78 is 65.7. The van der Waals surface area contributed by atoms with E-state index in [4.69, 9.17) is 0 Å². The highest BCUT2D eigenvalue weighted by Gasteiger charge is 2.35. The maximum atomic E-state index is 13.0. The van der Waals surface area contributed by atoms with Crippen LogP contribution in [0.5, 0.6) is 0 Å². The van der Waals surface area contributed by atoms with Crippen LogP contribution in [-0.2, 0) is 11.0 Å². The average molecular weight is 392 g/mol. The van der Waals surface area contributed by atoms with Crippen LogP contribution in [0.2, 0.25) is 0 Å². The molecular formula is C16H17F5N4O2. The summed E-state index contributed by atoms with van der Waals surface area (Å²) in [5, 5.41) is 11.9. The van der Waals surface area contributed by atoms with Gasteiger partial charge in [0.15, 0.2) is 5.65 Å². The van der Waals surface area contributed by atoms with Crippen molar-refractivity contribution in [3.63, 3.8) is 0 Å². The zero-order chi connectivity index (χ0) is 19.8. The highest BCUT2D eigenvalue weighted by Crippen LogP contribution is 2.38. The highest BCUT2D eigenvalue weighted by molar-refractivity contribution is 5.91. The second kappa shape index (κ2) is 7.02. The van der Waals surface area contributed by atoms with Crippen LogP contribution in [-0.4, -0.2) is 44.5 Å². The number of fused-ring (bicyclic) bond motifs is 1. The Morgan fingerprint density at radius 2 is 1.89 bits per heavy atom. The van der Waals surface area contributed by atoms with Crippen molar-refractivity contribution in [2.45, 2.75) is 43.5 Å². The second-order valence-electron chi connectivity index (χ2n) is 6.64. The van der Waals surface area contributed by atoms with E-state index in [0.29, 0.717) is 12.8 Å². The van der Waals surface area contributed by atoms with Crippen molar-refractivity contribution in [3.8, 4) is 0 Å². The molecule has 0 saturated heterocycles. The normalized spacial score (nSPS) is 15.8. The minimum atomic E-state index is -4.63. The first-order valence-corrected chi connectivity index (χ1v) is 8.27. The molecule has 148 valence electrons. The molecule has 1 fully saturated rings. The Morgan fingerprint density at radius 1 is 1.22 bits per heavy atom. The number of imidazole rings is 1. The maximum Gasteiger partial charge on any atom is 0.433 e. The van der Waals surface area contributed by atoms with Crippen LogP contribution in [0.3, 0.4) is 0 Å². The van der Waals surface area contributed by atoms with Gasteiger partial charge in [0.05, 0.1) is 6.42 Å². The van der Waals surface area contributed by atoms with Crippen molar-refractivity contribution in [2.75, 3.05) is 18.7 Å². The van der Waals surface area contributed by atoms with Crippen molar-refractivity contribution in [1.82, 2.24) is 14.5 Å². The topological polar surface area (TPSA) is 80.0 Å². The lowest BCUT2D eigenvalue weighted by Gasteiger charge is -2.29. The van der Waals surface area contributed by atoms with E-state index in [1.54, 1.807) is 0 Å². The predicted molar refractivity (Wildman–Crippen MR) is 85.6 cm³/mol. The van der Waals surface area contributed by atoms with Crippen LogP contribution in [0.1, 0.15) is 37.4 Å². The smallest absolute Gasteiger partial charge is 0.384 e. The molecule has 0 bridgehead atoms. The third kappa shape index (κ3) is 3.87. The maximum absolute atomic E-state index is 13.0. The molecule has 0 aromatic carbocycles. The molecule has 2 N–H and O–H groups in total. The minimum absolute atomic E-state index is 0.0314. The van der Waals surface area contributed by atoms with Gasteiger partial charge in [-0.1, -0.05) is 0 Å². The summed E-state index contributed by atoms with van der Waals surface area (Å²) in [4.78, 5) is 19.8. The minimum Gasteiger partial charge on any atom is -0.384 e. The zero-order valence-electron chi connectivity index (χ0n) is 14.1. The van der Waals surface area contributed by atoms with Gasteiger partial charge in [-0.25, -0.2) is 18.7 Å². The molecule has 1 amide bonds. The Balaban J connectivity index is 1.96. The summed E-state index contributed by atoms with van der Waals surface area (Å²) in [6.45, 7) is -2.90. The van der Waals surface area contributed by atoms with E-state index >= 15 is 0 Å². The molecule has 6 nitrogen and oxygen atoms in total. The number of pyridine rings is 1. The lowest BCUT2D eigenvalue weighted by atomic mass is 9.93. The van der Waals surface area contributed by atoms with Gasteiger partial charge in [-0.05, 0) is 31.4 Å². The van der Waals surface area contributed by atoms with Gasteiger partial charge in [0.1, 0.15) is 30.2 Å². The molecule has 0 spiro atoms.